The third-order valence-electron chi connectivity index (χ3n) is 3.56. The van der Waals surface area contributed by atoms with E-state index in [-0.39, 0.29) is 17.9 Å². The van der Waals surface area contributed by atoms with Crippen LogP contribution in [0.15, 0.2) is 24.4 Å². The molecule has 1 saturated heterocycles. The molecule has 21 heavy (non-hydrogen) atoms. The zero-order valence-corrected chi connectivity index (χ0v) is 12.2. The second-order valence-electron chi connectivity index (χ2n) is 5.00. The van der Waals surface area contributed by atoms with Crippen LogP contribution < -0.4 is 5.32 Å². The Hall–Kier alpha value is -2.11. The normalized spacial score (nSPS) is 15.6. The van der Waals surface area contributed by atoms with E-state index >= 15 is 0 Å². The fourth-order valence-electron chi connectivity index (χ4n) is 2.36. The molecule has 1 aliphatic heterocycles. The van der Waals surface area contributed by atoms with Gasteiger partial charge >= 0.3 is 6.09 Å². The van der Waals surface area contributed by atoms with Crippen LogP contribution in [0.3, 0.4) is 0 Å². The number of rotatable bonds is 4. The second kappa shape index (κ2) is 7.61. The Morgan fingerprint density at radius 1 is 1.38 bits per heavy atom. The summed E-state index contributed by atoms with van der Waals surface area (Å²) in [5, 5.41) is 2.90. The Morgan fingerprint density at radius 2 is 2.14 bits per heavy atom. The van der Waals surface area contributed by atoms with Crippen LogP contribution in [-0.2, 0) is 16.1 Å². The highest BCUT2D eigenvalue weighted by Gasteiger charge is 2.27. The Bertz CT molecular complexity index is 470. The van der Waals surface area contributed by atoms with Crippen molar-refractivity contribution in [3.63, 3.8) is 0 Å². The van der Waals surface area contributed by atoms with E-state index < -0.39 is 0 Å². The van der Waals surface area contributed by atoms with Crippen molar-refractivity contribution in [3.05, 3.63) is 30.1 Å². The number of hydrogen-bond donors (Lipinski definition) is 1. The molecular formula is C15H21N3O3. The highest BCUT2D eigenvalue weighted by atomic mass is 16.6. The van der Waals surface area contributed by atoms with Crippen molar-refractivity contribution in [2.75, 3.05) is 19.7 Å². The predicted molar refractivity (Wildman–Crippen MR) is 77.4 cm³/mol. The van der Waals surface area contributed by atoms with Crippen LogP contribution >= 0.6 is 0 Å². The van der Waals surface area contributed by atoms with Crippen LogP contribution in [-0.4, -0.2) is 41.6 Å². The van der Waals surface area contributed by atoms with Gasteiger partial charge in [0.15, 0.2) is 0 Å². The fraction of sp³-hybridized carbons (Fsp3) is 0.533. The Labute approximate surface area is 124 Å². The Balaban J connectivity index is 1.74. The van der Waals surface area contributed by atoms with Crippen molar-refractivity contribution in [3.8, 4) is 0 Å². The minimum Gasteiger partial charge on any atom is -0.450 e. The minimum atomic E-state index is -0.287. The average Bonchev–Trinajstić information content (AvgIpc) is 2.54. The van der Waals surface area contributed by atoms with Crippen molar-refractivity contribution in [2.24, 2.45) is 5.92 Å². The van der Waals surface area contributed by atoms with Crippen LogP contribution in [0, 0.1) is 5.92 Å². The first-order valence-corrected chi connectivity index (χ1v) is 7.30. The third-order valence-corrected chi connectivity index (χ3v) is 3.56. The highest BCUT2D eigenvalue weighted by molar-refractivity contribution is 5.79. The van der Waals surface area contributed by atoms with Gasteiger partial charge in [-0.25, -0.2) is 4.79 Å². The molecule has 2 amide bonds. The lowest BCUT2D eigenvalue weighted by Gasteiger charge is -2.30. The van der Waals surface area contributed by atoms with Gasteiger partial charge in [-0.1, -0.05) is 6.07 Å². The number of amides is 2. The van der Waals surface area contributed by atoms with E-state index in [0.717, 1.165) is 5.69 Å². The number of carbonyl (C=O) groups is 2. The first-order chi connectivity index (χ1) is 10.2. The van der Waals surface area contributed by atoms with Crippen molar-refractivity contribution in [1.29, 1.82) is 0 Å². The first kappa shape index (κ1) is 15.3. The number of ether oxygens (including phenoxy) is 1. The summed E-state index contributed by atoms with van der Waals surface area (Å²) in [5.41, 5.74) is 0.842. The maximum Gasteiger partial charge on any atom is 0.409 e. The summed E-state index contributed by atoms with van der Waals surface area (Å²) < 4.78 is 4.96. The number of likely N-dealkylation sites (tertiary alicyclic amines) is 1. The molecule has 1 aromatic heterocycles. The molecule has 6 heteroatoms. The monoisotopic (exact) mass is 291 g/mol. The Kier molecular flexibility index (Phi) is 5.54. The molecule has 1 fully saturated rings. The summed E-state index contributed by atoms with van der Waals surface area (Å²) in [5.74, 6) is -0.0106. The lowest BCUT2D eigenvalue weighted by molar-refractivity contribution is -0.126. The van der Waals surface area contributed by atoms with Gasteiger partial charge in [0, 0.05) is 25.2 Å². The molecule has 0 saturated carbocycles. The van der Waals surface area contributed by atoms with E-state index in [1.54, 1.807) is 18.0 Å². The molecule has 114 valence electrons. The number of piperidine rings is 1. The third kappa shape index (κ3) is 4.44. The van der Waals surface area contributed by atoms with Gasteiger partial charge < -0.3 is 15.0 Å². The lowest BCUT2D eigenvalue weighted by atomic mass is 9.96. The minimum absolute atomic E-state index is 0.0316. The highest BCUT2D eigenvalue weighted by Crippen LogP contribution is 2.18. The van der Waals surface area contributed by atoms with Crippen LogP contribution in [0.1, 0.15) is 25.5 Å². The second-order valence-corrected chi connectivity index (χ2v) is 5.00. The van der Waals surface area contributed by atoms with Crippen LogP contribution in [0.2, 0.25) is 0 Å². The van der Waals surface area contributed by atoms with E-state index in [1.807, 2.05) is 18.2 Å². The van der Waals surface area contributed by atoms with Crippen molar-refractivity contribution in [1.82, 2.24) is 15.2 Å². The topological polar surface area (TPSA) is 71.5 Å². The van der Waals surface area contributed by atoms with Crippen LogP contribution in [0.4, 0.5) is 4.79 Å². The van der Waals surface area contributed by atoms with Gasteiger partial charge in [0.05, 0.1) is 18.8 Å². The van der Waals surface area contributed by atoms with Crippen molar-refractivity contribution < 1.29 is 14.3 Å². The summed E-state index contributed by atoms with van der Waals surface area (Å²) in [4.78, 5) is 29.5. The fourth-order valence-corrected chi connectivity index (χ4v) is 2.36. The van der Waals surface area contributed by atoms with Gasteiger partial charge in [-0.15, -0.1) is 0 Å². The van der Waals surface area contributed by atoms with E-state index in [1.165, 1.54) is 0 Å². The van der Waals surface area contributed by atoms with Gasteiger partial charge in [-0.05, 0) is 31.9 Å². The standard InChI is InChI=1S/C15H21N3O3/c1-2-21-15(20)18-9-6-12(7-10-18)14(19)17-11-13-5-3-4-8-16-13/h3-5,8,12H,2,6-7,9-11H2,1H3,(H,17,19). The van der Waals surface area contributed by atoms with E-state index in [0.29, 0.717) is 39.1 Å². The molecule has 0 radical (unpaired) electrons. The summed E-state index contributed by atoms with van der Waals surface area (Å²) in [6, 6.07) is 5.62. The van der Waals surface area contributed by atoms with Gasteiger partial charge in [0.2, 0.25) is 5.91 Å². The predicted octanol–water partition coefficient (Wildman–Crippen LogP) is 1.57. The van der Waals surface area contributed by atoms with E-state index in [4.69, 9.17) is 4.74 Å². The molecule has 2 rings (SSSR count). The maximum absolute atomic E-state index is 12.1. The summed E-state index contributed by atoms with van der Waals surface area (Å²) in [6.45, 7) is 3.75. The number of hydrogen-bond acceptors (Lipinski definition) is 4. The molecule has 2 heterocycles. The first-order valence-electron chi connectivity index (χ1n) is 7.30. The molecule has 0 spiro atoms. The van der Waals surface area contributed by atoms with E-state index in [9.17, 15) is 9.59 Å². The zero-order valence-electron chi connectivity index (χ0n) is 12.2. The van der Waals surface area contributed by atoms with Crippen LogP contribution in [0.25, 0.3) is 0 Å². The number of aromatic nitrogens is 1. The maximum atomic E-state index is 12.1. The summed E-state index contributed by atoms with van der Waals surface area (Å²) >= 11 is 0. The molecule has 1 aliphatic rings. The number of nitrogens with zero attached hydrogens (tertiary/aromatic N) is 2. The van der Waals surface area contributed by atoms with Gasteiger partial charge in [-0.2, -0.15) is 0 Å². The molecule has 1 N–H and O–H groups in total. The molecule has 0 bridgehead atoms. The molecule has 0 unspecified atom stereocenters. The van der Waals surface area contributed by atoms with E-state index in [2.05, 4.69) is 10.3 Å². The summed E-state index contributed by atoms with van der Waals surface area (Å²) in [6.07, 6.45) is 2.77. The average molecular weight is 291 g/mol. The van der Waals surface area contributed by atoms with Crippen molar-refractivity contribution in [2.45, 2.75) is 26.3 Å². The number of carbonyl (C=O) groups excluding carboxylic acids is 2. The van der Waals surface area contributed by atoms with Crippen LogP contribution in [0.5, 0.6) is 0 Å². The molecule has 0 atom stereocenters. The number of nitrogens with one attached hydrogen (secondary N) is 1. The molecule has 0 aliphatic carbocycles. The SMILES string of the molecule is CCOC(=O)N1CCC(C(=O)NCc2ccccn2)CC1. The molecule has 1 aromatic rings. The Morgan fingerprint density at radius 3 is 2.76 bits per heavy atom. The quantitative estimate of drug-likeness (QED) is 0.914. The van der Waals surface area contributed by atoms with Gasteiger partial charge in [0.25, 0.3) is 0 Å². The van der Waals surface area contributed by atoms with Gasteiger partial charge in [0.1, 0.15) is 0 Å². The molecule has 0 aromatic carbocycles. The zero-order chi connectivity index (χ0) is 15.1. The van der Waals surface area contributed by atoms with Gasteiger partial charge in [-0.3, -0.25) is 9.78 Å². The number of pyridine rings is 1. The molecular weight excluding hydrogens is 270 g/mol. The smallest absolute Gasteiger partial charge is 0.409 e. The molecule has 6 nitrogen and oxygen atoms in total. The van der Waals surface area contributed by atoms with Crippen molar-refractivity contribution >= 4 is 12.0 Å². The summed E-state index contributed by atoms with van der Waals surface area (Å²) in [7, 11) is 0. The lowest BCUT2D eigenvalue weighted by Crippen LogP contribution is -2.43. The largest absolute Gasteiger partial charge is 0.450 e.